The van der Waals surface area contributed by atoms with Gasteiger partial charge in [-0.05, 0) is 50.6 Å². The lowest BCUT2D eigenvalue weighted by molar-refractivity contribution is 0.576. The van der Waals surface area contributed by atoms with E-state index in [1.54, 1.807) is 0 Å². The lowest BCUT2D eigenvalue weighted by Crippen LogP contribution is -2.28. The Labute approximate surface area is 120 Å². The molecule has 2 N–H and O–H groups in total. The topological polar surface area (TPSA) is 58.2 Å². The van der Waals surface area contributed by atoms with Gasteiger partial charge in [-0.1, -0.05) is 23.7 Å². The van der Waals surface area contributed by atoms with E-state index in [9.17, 15) is 8.42 Å². The molecule has 6 heteroatoms. The molecule has 0 atom stereocenters. The molecule has 19 heavy (non-hydrogen) atoms. The summed E-state index contributed by atoms with van der Waals surface area (Å²) in [6, 6.07) is 7.43. The van der Waals surface area contributed by atoms with E-state index in [-0.39, 0.29) is 5.75 Å². The first kappa shape index (κ1) is 16.4. The Morgan fingerprint density at radius 2 is 1.79 bits per heavy atom. The van der Waals surface area contributed by atoms with Crippen LogP contribution in [0.1, 0.15) is 18.4 Å². The maximum absolute atomic E-state index is 11.7. The Morgan fingerprint density at radius 3 is 2.42 bits per heavy atom. The molecule has 0 spiro atoms. The zero-order chi connectivity index (χ0) is 14.1. The van der Waals surface area contributed by atoms with E-state index in [2.05, 4.69) is 10.0 Å². The zero-order valence-corrected chi connectivity index (χ0v) is 12.7. The van der Waals surface area contributed by atoms with Crippen molar-refractivity contribution in [1.82, 2.24) is 10.0 Å². The van der Waals surface area contributed by atoms with Crippen LogP contribution in [0.2, 0.25) is 5.02 Å². The van der Waals surface area contributed by atoms with Crippen LogP contribution in [0.4, 0.5) is 0 Å². The standard InChI is InChI=1S/C13H21ClN2O2S/c1-15-9-2-3-11-19(17,18)16-10-8-12-4-6-13(14)7-5-12/h4-7,15-16H,2-3,8-11H2,1H3. The average molecular weight is 305 g/mol. The second-order valence-electron chi connectivity index (χ2n) is 4.40. The van der Waals surface area contributed by atoms with Crippen LogP contribution in [0.15, 0.2) is 24.3 Å². The maximum atomic E-state index is 11.7. The van der Waals surface area contributed by atoms with E-state index in [1.165, 1.54) is 0 Å². The highest BCUT2D eigenvalue weighted by Gasteiger charge is 2.08. The second kappa shape index (κ2) is 8.53. The van der Waals surface area contributed by atoms with E-state index in [0.717, 1.165) is 18.5 Å². The van der Waals surface area contributed by atoms with Crippen molar-refractivity contribution in [2.45, 2.75) is 19.3 Å². The summed E-state index contributed by atoms with van der Waals surface area (Å²) < 4.78 is 26.0. The van der Waals surface area contributed by atoms with Crippen LogP contribution in [-0.4, -0.2) is 34.3 Å². The number of hydrogen-bond acceptors (Lipinski definition) is 3. The number of halogens is 1. The summed E-state index contributed by atoms with van der Waals surface area (Å²) in [6.45, 7) is 1.27. The minimum absolute atomic E-state index is 0.190. The van der Waals surface area contributed by atoms with Gasteiger partial charge < -0.3 is 5.32 Å². The Hall–Kier alpha value is -0.620. The third-order valence-electron chi connectivity index (χ3n) is 2.74. The molecule has 0 radical (unpaired) electrons. The van der Waals surface area contributed by atoms with Gasteiger partial charge in [0.1, 0.15) is 0 Å². The fraction of sp³-hybridized carbons (Fsp3) is 0.538. The van der Waals surface area contributed by atoms with Crippen LogP contribution in [0.5, 0.6) is 0 Å². The fourth-order valence-electron chi connectivity index (χ4n) is 1.67. The SMILES string of the molecule is CNCCCCS(=O)(=O)NCCc1ccc(Cl)cc1. The van der Waals surface area contributed by atoms with Gasteiger partial charge in [0.15, 0.2) is 0 Å². The van der Waals surface area contributed by atoms with Gasteiger partial charge in [-0.25, -0.2) is 13.1 Å². The molecule has 0 aliphatic rings. The summed E-state index contributed by atoms with van der Waals surface area (Å²) in [6.07, 6.45) is 2.22. The molecule has 0 aliphatic heterocycles. The minimum atomic E-state index is -3.14. The highest BCUT2D eigenvalue weighted by molar-refractivity contribution is 7.89. The average Bonchev–Trinajstić information content (AvgIpc) is 2.37. The molecule has 0 aliphatic carbocycles. The first-order chi connectivity index (χ1) is 9.03. The number of hydrogen-bond donors (Lipinski definition) is 2. The highest BCUT2D eigenvalue weighted by atomic mass is 35.5. The van der Waals surface area contributed by atoms with Gasteiger partial charge in [0, 0.05) is 11.6 Å². The van der Waals surface area contributed by atoms with Crippen LogP contribution < -0.4 is 10.0 Å². The summed E-state index contributed by atoms with van der Waals surface area (Å²) in [5.74, 6) is 0.190. The molecule has 1 aromatic carbocycles. The molecule has 0 heterocycles. The van der Waals surface area contributed by atoms with Crippen LogP contribution >= 0.6 is 11.6 Å². The predicted octanol–water partition coefficient (Wildman–Crippen LogP) is 1.80. The van der Waals surface area contributed by atoms with Crippen molar-refractivity contribution in [2.75, 3.05) is 25.9 Å². The van der Waals surface area contributed by atoms with Crippen molar-refractivity contribution in [3.8, 4) is 0 Å². The Morgan fingerprint density at radius 1 is 1.11 bits per heavy atom. The van der Waals surface area contributed by atoms with Crippen LogP contribution in [0.25, 0.3) is 0 Å². The lowest BCUT2D eigenvalue weighted by atomic mass is 10.2. The number of nitrogens with one attached hydrogen (secondary N) is 2. The maximum Gasteiger partial charge on any atom is 0.211 e. The van der Waals surface area contributed by atoms with Crippen molar-refractivity contribution in [3.63, 3.8) is 0 Å². The second-order valence-corrected chi connectivity index (χ2v) is 6.76. The largest absolute Gasteiger partial charge is 0.320 e. The molecule has 0 amide bonds. The van der Waals surface area contributed by atoms with Crippen LogP contribution in [-0.2, 0) is 16.4 Å². The molecule has 1 aromatic rings. The van der Waals surface area contributed by atoms with E-state index in [4.69, 9.17) is 11.6 Å². The lowest BCUT2D eigenvalue weighted by Gasteiger charge is -2.07. The Bertz CT molecular complexity index is 460. The Kier molecular flexibility index (Phi) is 7.38. The quantitative estimate of drug-likeness (QED) is 0.684. The first-order valence-corrected chi connectivity index (χ1v) is 8.43. The summed E-state index contributed by atoms with van der Waals surface area (Å²) in [4.78, 5) is 0. The minimum Gasteiger partial charge on any atom is -0.320 e. The number of benzene rings is 1. The van der Waals surface area contributed by atoms with Crippen LogP contribution in [0, 0.1) is 0 Å². The molecule has 0 aromatic heterocycles. The molecular weight excluding hydrogens is 284 g/mol. The molecule has 0 fully saturated rings. The first-order valence-electron chi connectivity index (χ1n) is 6.40. The van der Waals surface area contributed by atoms with E-state index >= 15 is 0 Å². The molecule has 0 saturated carbocycles. The third-order valence-corrected chi connectivity index (χ3v) is 4.46. The van der Waals surface area contributed by atoms with Crippen molar-refractivity contribution in [2.24, 2.45) is 0 Å². The monoisotopic (exact) mass is 304 g/mol. The Balaban J connectivity index is 2.25. The summed E-state index contributed by atoms with van der Waals surface area (Å²) in [7, 11) is -1.28. The zero-order valence-electron chi connectivity index (χ0n) is 11.2. The number of unbranched alkanes of at least 4 members (excludes halogenated alkanes) is 1. The van der Waals surface area contributed by atoms with Gasteiger partial charge in [0.2, 0.25) is 10.0 Å². The molecular formula is C13H21ClN2O2S. The van der Waals surface area contributed by atoms with Gasteiger partial charge in [0.25, 0.3) is 0 Å². The predicted molar refractivity (Wildman–Crippen MR) is 80.1 cm³/mol. The summed E-state index contributed by atoms with van der Waals surface area (Å²) in [5.41, 5.74) is 1.07. The van der Waals surface area contributed by atoms with Gasteiger partial charge in [-0.2, -0.15) is 0 Å². The molecule has 0 saturated heterocycles. The summed E-state index contributed by atoms with van der Waals surface area (Å²) >= 11 is 5.78. The number of sulfonamides is 1. The van der Waals surface area contributed by atoms with Gasteiger partial charge >= 0.3 is 0 Å². The van der Waals surface area contributed by atoms with Gasteiger partial charge in [-0.3, -0.25) is 0 Å². The van der Waals surface area contributed by atoms with E-state index in [0.29, 0.717) is 24.4 Å². The van der Waals surface area contributed by atoms with Crippen molar-refractivity contribution in [1.29, 1.82) is 0 Å². The van der Waals surface area contributed by atoms with Crippen LogP contribution in [0.3, 0.4) is 0 Å². The van der Waals surface area contributed by atoms with Gasteiger partial charge in [0.05, 0.1) is 5.75 Å². The highest BCUT2D eigenvalue weighted by Crippen LogP contribution is 2.09. The van der Waals surface area contributed by atoms with Crippen molar-refractivity contribution >= 4 is 21.6 Å². The molecule has 0 bridgehead atoms. The molecule has 0 unspecified atom stereocenters. The van der Waals surface area contributed by atoms with E-state index in [1.807, 2.05) is 31.3 Å². The fourth-order valence-corrected chi connectivity index (χ4v) is 2.94. The molecule has 4 nitrogen and oxygen atoms in total. The number of rotatable bonds is 9. The van der Waals surface area contributed by atoms with Crippen molar-refractivity contribution in [3.05, 3.63) is 34.9 Å². The smallest absolute Gasteiger partial charge is 0.211 e. The normalized spacial score (nSPS) is 11.7. The third kappa shape index (κ3) is 7.52. The molecule has 108 valence electrons. The van der Waals surface area contributed by atoms with Crippen molar-refractivity contribution < 1.29 is 8.42 Å². The van der Waals surface area contributed by atoms with E-state index < -0.39 is 10.0 Å². The molecule has 1 rings (SSSR count). The summed E-state index contributed by atoms with van der Waals surface area (Å²) in [5, 5.41) is 3.69. The van der Waals surface area contributed by atoms with Gasteiger partial charge in [-0.15, -0.1) is 0 Å².